The number of carboxylic acid groups (broad SMARTS) is 1. The van der Waals surface area contributed by atoms with Crippen LogP contribution in [0.25, 0.3) is 0 Å². The number of hydrogen-bond donors (Lipinski definition) is 3. The van der Waals surface area contributed by atoms with E-state index < -0.39 is 23.4 Å². The van der Waals surface area contributed by atoms with Crippen LogP contribution in [0.15, 0.2) is 0 Å². The minimum Gasteiger partial charge on any atom is -0.481 e. The van der Waals surface area contributed by atoms with E-state index in [4.69, 9.17) is 0 Å². The molecule has 0 aromatic heterocycles. The summed E-state index contributed by atoms with van der Waals surface area (Å²) in [6, 6.07) is 0. The number of fused-ring (bicyclic) bond motifs is 5. The SMILES string of the molecule is C[C@]12CC[C@H](O)C[C@@H]1CC[C@H]1[C@H]2C[C@@H](O)[C@]2(C)[C@@H]1CC[C@H]2C(=O)O. The van der Waals surface area contributed by atoms with Crippen molar-refractivity contribution in [3.63, 3.8) is 0 Å². The largest absolute Gasteiger partial charge is 0.481 e. The molecule has 4 saturated carbocycles. The van der Waals surface area contributed by atoms with Gasteiger partial charge < -0.3 is 15.3 Å². The van der Waals surface area contributed by atoms with Gasteiger partial charge in [0.05, 0.1) is 18.1 Å². The molecule has 3 N–H and O–H groups in total. The zero-order chi connectivity index (χ0) is 17.3. The monoisotopic (exact) mass is 336 g/mol. The summed E-state index contributed by atoms with van der Waals surface area (Å²) in [7, 11) is 0. The highest BCUT2D eigenvalue weighted by atomic mass is 16.4. The zero-order valence-corrected chi connectivity index (χ0v) is 14.9. The Balaban J connectivity index is 1.66. The van der Waals surface area contributed by atoms with Gasteiger partial charge in [0.1, 0.15) is 0 Å². The first kappa shape index (κ1) is 16.8. The fraction of sp³-hybridized carbons (Fsp3) is 0.950. The van der Waals surface area contributed by atoms with Gasteiger partial charge in [-0.15, -0.1) is 0 Å². The molecule has 4 fully saturated rings. The third-order valence-corrected chi connectivity index (χ3v) is 9.04. The third kappa shape index (κ3) is 2.08. The van der Waals surface area contributed by atoms with Crippen molar-refractivity contribution in [2.24, 2.45) is 40.4 Å². The summed E-state index contributed by atoms with van der Waals surface area (Å²) in [5, 5.41) is 30.8. The number of aliphatic hydroxyl groups excluding tert-OH is 2. The van der Waals surface area contributed by atoms with Crippen molar-refractivity contribution in [2.75, 3.05) is 0 Å². The normalized spacial score (nSPS) is 56.9. The van der Waals surface area contributed by atoms with Crippen LogP contribution in [-0.4, -0.2) is 33.5 Å². The molecular weight excluding hydrogens is 304 g/mol. The Labute approximate surface area is 144 Å². The van der Waals surface area contributed by atoms with E-state index in [1.54, 1.807) is 0 Å². The summed E-state index contributed by atoms with van der Waals surface area (Å²) in [6.07, 6.45) is 6.93. The Bertz CT molecular complexity index is 534. The molecule has 4 nitrogen and oxygen atoms in total. The van der Waals surface area contributed by atoms with Crippen LogP contribution >= 0.6 is 0 Å². The van der Waals surface area contributed by atoms with E-state index >= 15 is 0 Å². The Hall–Kier alpha value is -0.610. The van der Waals surface area contributed by atoms with Crippen LogP contribution in [0.3, 0.4) is 0 Å². The van der Waals surface area contributed by atoms with E-state index in [0.29, 0.717) is 23.7 Å². The van der Waals surface area contributed by atoms with Crippen LogP contribution in [0.1, 0.15) is 65.2 Å². The standard InChI is InChI=1S/C20H32O4/c1-19-8-7-12(21)9-11(19)3-4-13-14-5-6-15(18(23)24)20(14,2)17(22)10-16(13)19/h11-17,21-22H,3-10H2,1-2H3,(H,23,24)/t11-,12-,13+,14+,15-,16+,17+,19-,20+/m0/s1. The van der Waals surface area contributed by atoms with Gasteiger partial charge in [-0.1, -0.05) is 13.8 Å². The van der Waals surface area contributed by atoms with Gasteiger partial charge in [0.15, 0.2) is 0 Å². The van der Waals surface area contributed by atoms with Crippen LogP contribution in [0.5, 0.6) is 0 Å². The van der Waals surface area contributed by atoms with Crippen molar-refractivity contribution < 1.29 is 20.1 Å². The van der Waals surface area contributed by atoms with Gasteiger partial charge >= 0.3 is 5.97 Å². The molecular formula is C20H32O4. The summed E-state index contributed by atoms with van der Waals surface area (Å²) in [4.78, 5) is 11.8. The minimum absolute atomic E-state index is 0.152. The Morgan fingerprint density at radius 2 is 1.71 bits per heavy atom. The first-order chi connectivity index (χ1) is 11.3. The molecule has 4 heteroatoms. The number of rotatable bonds is 1. The maximum Gasteiger partial charge on any atom is 0.307 e. The summed E-state index contributed by atoms with van der Waals surface area (Å²) in [5.41, 5.74) is -0.240. The molecule has 0 aliphatic heterocycles. The van der Waals surface area contributed by atoms with Gasteiger partial charge in [-0.3, -0.25) is 4.79 Å². The van der Waals surface area contributed by atoms with Gasteiger partial charge in [0.2, 0.25) is 0 Å². The van der Waals surface area contributed by atoms with Crippen LogP contribution in [-0.2, 0) is 4.79 Å². The van der Waals surface area contributed by atoms with Crippen molar-refractivity contribution in [3.8, 4) is 0 Å². The quantitative estimate of drug-likeness (QED) is 0.688. The maximum atomic E-state index is 11.8. The molecule has 24 heavy (non-hydrogen) atoms. The summed E-state index contributed by atoms with van der Waals surface area (Å²) in [6.45, 7) is 4.43. The number of aliphatic carboxylic acids is 1. The summed E-state index contributed by atoms with van der Waals surface area (Å²) >= 11 is 0. The van der Waals surface area contributed by atoms with Crippen LogP contribution in [0.2, 0.25) is 0 Å². The highest BCUT2D eigenvalue weighted by molar-refractivity contribution is 5.71. The molecule has 9 atom stereocenters. The van der Waals surface area contributed by atoms with E-state index in [1.807, 2.05) is 6.92 Å². The van der Waals surface area contributed by atoms with Crippen molar-refractivity contribution in [1.82, 2.24) is 0 Å². The molecule has 0 heterocycles. The highest BCUT2D eigenvalue weighted by Crippen LogP contribution is 2.67. The van der Waals surface area contributed by atoms with Gasteiger partial charge in [-0.2, -0.15) is 0 Å². The lowest BCUT2D eigenvalue weighted by Crippen LogP contribution is -2.59. The molecule has 0 spiro atoms. The first-order valence-electron chi connectivity index (χ1n) is 9.87. The minimum atomic E-state index is -0.724. The predicted octanol–water partition coefficient (Wildman–Crippen LogP) is 3.06. The molecule has 0 aromatic carbocycles. The van der Waals surface area contributed by atoms with E-state index in [0.717, 1.165) is 51.4 Å². The average molecular weight is 336 g/mol. The molecule has 136 valence electrons. The van der Waals surface area contributed by atoms with Crippen molar-refractivity contribution in [2.45, 2.75) is 77.4 Å². The Morgan fingerprint density at radius 1 is 0.958 bits per heavy atom. The molecule has 4 aliphatic rings. The molecule has 4 rings (SSSR count). The number of aliphatic hydroxyl groups is 2. The smallest absolute Gasteiger partial charge is 0.307 e. The Kier molecular flexibility index (Phi) is 3.82. The zero-order valence-electron chi connectivity index (χ0n) is 14.9. The van der Waals surface area contributed by atoms with Crippen molar-refractivity contribution in [1.29, 1.82) is 0 Å². The maximum absolute atomic E-state index is 11.8. The molecule has 0 bridgehead atoms. The molecule has 0 saturated heterocycles. The van der Waals surface area contributed by atoms with Gasteiger partial charge in [0.25, 0.3) is 0 Å². The van der Waals surface area contributed by atoms with E-state index in [-0.39, 0.29) is 11.5 Å². The van der Waals surface area contributed by atoms with E-state index in [9.17, 15) is 20.1 Å². The Morgan fingerprint density at radius 3 is 2.42 bits per heavy atom. The van der Waals surface area contributed by atoms with Gasteiger partial charge in [-0.25, -0.2) is 0 Å². The highest BCUT2D eigenvalue weighted by Gasteiger charge is 2.64. The second kappa shape index (κ2) is 5.44. The van der Waals surface area contributed by atoms with Crippen molar-refractivity contribution in [3.05, 3.63) is 0 Å². The molecule has 4 aliphatic carbocycles. The molecule has 0 aromatic rings. The predicted molar refractivity (Wildman–Crippen MR) is 90.2 cm³/mol. The van der Waals surface area contributed by atoms with Crippen molar-refractivity contribution >= 4 is 5.97 Å². The second-order valence-corrected chi connectivity index (χ2v) is 9.67. The summed E-state index contributed by atoms with van der Waals surface area (Å²) < 4.78 is 0. The van der Waals surface area contributed by atoms with Gasteiger partial charge in [0, 0.05) is 5.41 Å². The number of hydrogen-bond acceptors (Lipinski definition) is 3. The third-order valence-electron chi connectivity index (χ3n) is 9.04. The second-order valence-electron chi connectivity index (χ2n) is 9.67. The lowest BCUT2D eigenvalue weighted by molar-refractivity contribution is -0.180. The van der Waals surface area contributed by atoms with Crippen LogP contribution in [0, 0.1) is 40.4 Å². The van der Waals surface area contributed by atoms with E-state index in [1.165, 1.54) is 0 Å². The number of carboxylic acids is 1. The lowest BCUT2D eigenvalue weighted by atomic mass is 9.44. The fourth-order valence-corrected chi connectivity index (χ4v) is 7.61. The fourth-order valence-electron chi connectivity index (χ4n) is 7.61. The van der Waals surface area contributed by atoms with Crippen LogP contribution in [0.4, 0.5) is 0 Å². The molecule has 0 radical (unpaired) electrons. The first-order valence-corrected chi connectivity index (χ1v) is 9.87. The summed E-state index contributed by atoms with van der Waals surface area (Å²) in [5.74, 6) is 0.840. The van der Waals surface area contributed by atoms with E-state index in [2.05, 4.69) is 6.92 Å². The topological polar surface area (TPSA) is 77.8 Å². The molecule has 0 unspecified atom stereocenters. The van der Waals surface area contributed by atoms with Gasteiger partial charge in [-0.05, 0) is 80.5 Å². The number of carbonyl (C=O) groups is 1. The molecule has 0 amide bonds. The van der Waals surface area contributed by atoms with Crippen LogP contribution < -0.4 is 0 Å². The average Bonchev–Trinajstić information content (AvgIpc) is 2.88. The lowest BCUT2D eigenvalue weighted by Gasteiger charge is -2.61.